The number of benzene rings is 2. The van der Waals surface area contributed by atoms with Gasteiger partial charge in [-0.05, 0) is 50.1 Å². The van der Waals surface area contributed by atoms with Crippen LogP contribution in [0, 0.1) is 0 Å². The lowest BCUT2D eigenvalue weighted by Gasteiger charge is -2.27. The zero-order valence-corrected chi connectivity index (χ0v) is 18.3. The van der Waals surface area contributed by atoms with Gasteiger partial charge in [-0.1, -0.05) is 30.4 Å². The molecule has 2 aromatic carbocycles. The van der Waals surface area contributed by atoms with Crippen molar-refractivity contribution in [3.63, 3.8) is 0 Å². The van der Waals surface area contributed by atoms with E-state index in [0.29, 0.717) is 22.8 Å². The van der Waals surface area contributed by atoms with Gasteiger partial charge in [0.05, 0.1) is 33.1 Å². The van der Waals surface area contributed by atoms with Gasteiger partial charge in [-0.3, -0.25) is 0 Å². The van der Waals surface area contributed by atoms with E-state index < -0.39 is 11.6 Å². The average Bonchev–Trinajstić information content (AvgIpc) is 2.72. The molecule has 0 aliphatic carbocycles. The van der Waals surface area contributed by atoms with Gasteiger partial charge in [0.25, 0.3) is 0 Å². The number of rotatable bonds is 8. The number of urea groups is 1. The standard InChI is InChI=1S/C23H29N3O4/c1-15(2)17-9-8-10-18(13-17)23(3,4)25-22(27)26-24-14-16-11-19(28-5)21(30-7)20(12-16)29-6/h8-14H,1H2,2-7H3,(H2,25,26,27). The highest BCUT2D eigenvalue weighted by Crippen LogP contribution is 2.37. The fourth-order valence-corrected chi connectivity index (χ4v) is 2.90. The van der Waals surface area contributed by atoms with Gasteiger partial charge in [0, 0.05) is 5.56 Å². The summed E-state index contributed by atoms with van der Waals surface area (Å²) in [6, 6.07) is 11.0. The number of allylic oxidation sites excluding steroid dienone is 1. The van der Waals surface area contributed by atoms with Gasteiger partial charge in [-0.25, -0.2) is 10.2 Å². The molecule has 2 amide bonds. The maximum absolute atomic E-state index is 12.4. The Hall–Kier alpha value is -3.48. The Labute approximate surface area is 177 Å². The number of ether oxygens (including phenoxy) is 3. The van der Waals surface area contributed by atoms with Crippen molar-refractivity contribution in [2.24, 2.45) is 5.10 Å². The van der Waals surface area contributed by atoms with Crippen molar-refractivity contribution in [3.05, 3.63) is 59.7 Å². The van der Waals surface area contributed by atoms with E-state index in [2.05, 4.69) is 22.4 Å². The highest BCUT2D eigenvalue weighted by atomic mass is 16.5. The smallest absolute Gasteiger partial charge is 0.335 e. The van der Waals surface area contributed by atoms with Crippen LogP contribution in [0.15, 0.2) is 48.1 Å². The first kappa shape index (κ1) is 22.8. The third-order valence-corrected chi connectivity index (χ3v) is 4.57. The number of nitrogens with zero attached hydrogens (tertiary/aromatic N) is 1. The number of hydrazone groups is 1. The molecule has 0 heterocycles. The first-order valence-electron chi connectivity index (χ1n) is 9.39. The highest BCUT2D eigenvalue weighted by Gasteiger charge is 2.23. The van der Waals surface area contributed by atoms with Crippen LogP contribution < -0.4 is 25.0 Å². The first-order valence-corrected chi connectivity index (χ1v) is 9.39. The summed E-state index contributed by atoms with van der Waals surface area (Å²) < 4.78 is 15.9. The Kier molecular flexibility index (Phi) is 7.47. The topological polar surface area (TPSA) is 81.2 Å². The fraction of sp³-hybridized carbons (Fsp3) is 0.304. The van der Waals surface area contributed by atoms with Crippen LogP contribution in [0.1, 0.15) is 37.5 Å². The molecular weight excluding hydrogens is 382 g/mol. The van der Waals surface area contributed by atoms with E-state index >= 15 is 0 Å². The van der Waals surface area contributed by atoms with E-state index in [9.17, 15) is 4.79 Å². The van der Waals surface area contributed by atoms with Crippen molar-refractivity contribution >= 4 is 17.8 Å². The highest BCUT2D eigenvalue weighted by molar-refractivity contribution is 5.84. The predicted molar refractivity (Wildman–Crippen MR) is 120 cm³/mol. The zero-order chi connectivity index (χ0) is 22.3. The number of amides is 2. The van der Waals surface area contributed by atoms with Crippen molar-refractivity contribution in [1.29, 1.82) is 0 Å². The molecule has 0 saturated carbocycles. The third-order valence-electron chi connectivity index (χ3n) is 4.57. The van der Waals surface area contributed by atoms with Crippen molar-refractivity contribution in [2.45, 2.75) is 26.3 Å². The molecule has 2 rings (SSSR count). The van der Waals surface area contributed by atoms with E-state index in [4.69, 9.17) is 14.2 Å². The van der Waals surface area contributed by atoms with E-state index in [-0.39, 0.29) is 0 Å². The summed E-state index contributed by atoms with van der Waals surface area (Å²) in [5, 5.41) is 6.94. The maximum Gasteiger partial charge on any atom is 0.335 e. The van der Waals surface area contributed by atoms with Gasteiger partial charge in [0.2, 0.25) is 5.75 Å². The molecule has 0 saturated heterocycles. The van der Waals surface area contributed by atoms with Crippen molar-refractivity contribution in [3.8, 4) is 17.2 Å². The summed E-state index contributed by atoms with van der Waals surface area (Å²) in [6.45, 7) is 9.77. The molecule has 7 nitrogen and oxygen atoms in total. The molecule has 2 N–H and O–H groups in total. The SMILES string of the molecule is C=C(C)c1cccc(C(C)(C)NC(=O)NN=Cc2cc(OC)c(OC)c(OC)c2)c1. The normalized spacial score (nSPS) is 11.1. The molecule has 0 unspecified atom stereocenters. The molecule has 0 spiro atoms. The van der Waals surface area contributed by atoms with Crippen LogP contribution in [0.25, 0.3) is 5.57 Å². The van der Waals surface area contributed by atoms with Crippen LogP contribution >= 0.6 is 0 Å². The molecule has 7 heteroatoms. The van der Waals surface area contributed by atoms with Gasteiger partial charge in [0.1, 0.15) is 0 Å². The quantitative estimate of drug-likeness (QED) is 0.501. The number of nitrogens with one attached hydrogen (secondary N) is 2. The predicted octanol–water partition coefficient (Wildman–Crippen LogP) is 4.31. The molecular formula is C23H29N3O4. The lowest BCUT2D eigenvalue weighted by Crippen LogP contribution is -2.45. The Bertz CT molecular complexity index is 926. The van der Waals surface area contributed by atoms with Crippen molar-refractivity contribution in [2.75, 3.05) is 21.3 Å². The monoisotopic (exact) mass is 411 g/mol. The number of hydrogen-bond donors (Lipinski definition) is 2. The van der Waals surface area contributed by atoms with Gasteiger partial charge in [-0.15, -0.1) is 0 Å². The number of carbonyl (C=O) groups is 1. The minimum absolute atomic E-state index is 0.426. The zero-order valence-electron chi connectivity index (χ0n) is 18.3. The van der Waals surface area contributed by atoms with E-state index in [0.717, 1.165) is 16.7 Å². The first-order chi connectivity index (χ1) is 14.2. The summed E-state index contributed by atoms with van der Waals surface area (Å²) in [7, 11) is 4.61. The summed E-state index contributed by atoms with van der Waals surface area (Å²) in [5.41, 5.74) is 5.53. The molecule has 160 valence electrons. The Balaban J connectivity index is 2.09. The van der Waals surface area contributed by atoms with Gasteiger partial charge in [-0.2, -0.15) is 5.10 Å². The van der Waals surface area contributed by atoms with Crippen LogP contribution in [-0.4, -0.2) is 33.6 Å². The number of hydrogen-bond acceptors (Lipinski definition) is 5. The molecule has 0 radical (unpaired) electrons. The Morgan fingerprint density at radius 2 is 1.70 bits per heavy atom. The van der Waals surface area contributed by atoms with Crippen molar-refractivity contribution in [1.82, 2.24) is 10.7 Å². The van der Waals surface area contributed by atoms with Crippen LogP contribution in [-0.2, 0) is 5.54 Å². The van der Waals surface area contributed by atoms with Gasteiger partial charge in [0.15, 0.2) is 11.5 Å². The molecule has 30 heavy (non-hydrogen) atoms. The van der Waals surface area contributed by atoms with E-state index in [1.54, 1.807) is 12.1 Å². The van der Waals surface area contributed by atoms with E-state index in [1.807, 2.05) is 45.0 Å². The minimum Gasteiger partial charge on any atom is -0.493 e. The van der Waals surface area contributed by atoms with Gasteiger partial charge < -0.3 is 19.5 Å². The molecule has 0 aromatic heterocycles. The summed E-state index contributed by atoms with van der Waals surface area (Å²) in [6.07, 6.45) is 1.50. The lowest BCUT2D eigenvalue weighted by molar-refractivity contribution is 0.230. The second kappa shape index (κ2) is 9.82. The summed E-state index contributed by atoms with van der Waals surface area (Å²) in [5.74, 6) is 1.49. The van der Waals surface area contributed by atoms with Crippen LogP contribution in [0.5, 0.6) is 17.2 Å². The Morgan fingerprint density at radius 1 is 1.07 bits per heavy atom. The minimum atomic E-state index is -0.600. The molecule has 0 bridgehead atoms. The molecule has 0 atom stereocenters. The molecule has 0 fully saturated rings. The Morgan fingerprint density at radius 3 is 2.23 bits per heavy atom. The number of methoxy groups -OCH3 is 3. The van der Waals surface area contributed by atoms with Crippen molar-refractivity contribution < 1.29 is 19.0 Å². The van der Waals surface area contributed by atoms with E-state index in [1.165, 1.54) is 27.5 Å². The van der Waals surface area contributed by atoms with Crippen LogP contribution in [0.2, 0.25) is 0 Å². The molecule has 0 aliphatic rings. The maximum atomic E-state index is 12.4. The fourth-order valence-electron chi connectivity index (χ4n) is 2.90. The van der Waals surface area contributed by atoms with Crippen LogP contribution in [0.4, 0.5) is 4.79 Å². The average molecular weight is 412 g/mol. The second-order valence-corrected chi connectivity index (χ2v) is 7.27. The summed E-state index contributed by atoms with van der Waals surface area (Å²) >= 11 is 0. The number of carbonyl (C=O) groups excluding carboxylic acids is 1. The molecule has 0 aliphatic heterocycles. The second-order valence-electron chi connectivity index (χ2n) is 7.27. The third kappa shape index (κ3) is 5.53. The summed E-state index contributed by atoms with van der Waals surface area (Å²) in [4.78, 5) is 12.4. The molecule has 2 aromatic rings. The van der Waals surface area contributed by atoms with Gasteiger partial charge >= 0.3 is 6.03 Å². The largest absolute Gasteiger partial charge is 0.493 e. The van der Waals surface area contributed by atoms with Crippen LogP contribution in [0.3, 0.4) is 0 Å². The lowest BCUT2D eigenvalue weighted by atomic mass is 9.92.